The zero-order chi connectivity index (χ0) is 20.5. The summed E-state index contributed by atoms with van der Waals surface area (Å²) in [6, 6.07) is 9.28. The number of hydrogen-bond acceptors (Lipinski definition) is 5. The molecule has 7 nitrogen and oxygen atoms in total. The van der Waals surface area contributed by atoms with Crippen molar-refractivity contribution < 1.29 is 23.9 Å². The molecule has 3 aliphatic rings. The average molecular weight is 398 g/mol. The minimum absolute atomic E-state index is 0.0327. The molecule has 7 heteroatoms. The van der Waals surface area contributed by atoms with Crippen LogP contribution in [0.1, 0.15) is 44.2 Å². The van der Waals surface area contributed by atoms with Gasteiger partial charge in [0.05, 0.1) is 24.3 Å². The summed E-state index contributed by atoms with van der Waals surface area (Å²) in [6.07, 6.45) is 2.95. The average Bonchev–Trinajstić information content (AvgIpc) is 3.40. The van der Waals surface area contributed by atoms with Crippen molar-refractivity contribution in [3.8, 4) is 0 Å². The molecular formula is C22H26N2O5. The first-order valence-electron chi connectivity index (χ1n) is 10.3. The lowest BCUT2D eigenvalue weighted by Gasteiger charge is -2.19. The normalized spacial score (nSPS) is 28.4. The van der Waals surface area contributed by atoms with E-state index < -0.39 is 11.9 Å². The molecule has 0 radical (unpaired) electrons. The Hall–Kier alpha value is -2.70. The molecule has 1 N–H and O–H groups in total. The number of hydrogen-bond donors (Lipinski definition) is 1. The Morgan fingerprint density at radius 2 is 1.72 bits per heavy atom. The van der Waals surface area contributed by atoms with Crippen molar-refractivity contribution >= 4 is 23.7 Å². The number of likely N-dealkylation sites (tertiary alicyclic amines) is 1. The van der Waals surface area contributed by atoms with E-state index in [0.717, 1.165) is 24.8 Å². The van der Waals surface area contributed by atoms with Gasteiger partial charge >= 0.3 is 5.97 Å². The molecule has 0 unspecified atom stereocenters. The van der Waals surface area contributed by atoms with Gasteiger partial charge in [-0.15, -0.1) is 0 Å². The van der Waals surface area contributed by atoms with Crippen LogP contribution in [0, 0.1) is 23.7 Å². The molecule has 1 aromatic rings. The van der Waals surface area contributed by atoms with Crippen LogP contribution in [0.3, 0.4) is 0 Å². The molecule has 1 aromatic carbocycles. The summed E-state index contributed by atoms with van der Waals surface area (Å²) in [4.78, 5) is 50.5. The van der Waals surface area contributed by atoms with Gasteiger partial charge in [0.1, 0.15) is 0 Å². The van der Waals surface area contributed by atoms with Crippen molar-refractivity contribution in [1.82, 2.24) is 10.2 Å². The first kappa shape index (κ1) is 19.6. The van der Waals surface area contributed by atoms with E-state index in [1.165, 1.54) is 4.90 Å². The fraction of sp³-hybridized carbons (Fsp3) is 0.545. The number of nitrogens with one attached hydrogen (secondary N) is 1. The van der Waals surface area contributed by atoms with Crippen molar-refractivity contribution in [2.45, 2.75) is 38.6 Å². The summed E-state index contributed by atoms with van der Waals surface area (Å²) >= 11 is 0. The van der Waals surface area contributed by atoms with E-state index >= 15 is 0 Å². The summed E-state index contributed by atoms with van der Waals surface area (Å²) in [6.45, 7) is 1.50. The van der Waals surface area contributed by atoms with Crippen LogP contribution in [-0.2, 0) is 23.9 Å². The Kier molecular flexibility index (Phi) is 5.39. The lowest BCUT2D eigenvalue weighted by Crippen LogP contribution is -2.35. The quantitative estimate of drug-likeness (QED) is 0.559. The van der Waals surface area contributed by atoms with Crippen molar-refractivity contribution in [2.75, 3.05) is 13.2 Å². The van der Waals surface area contributed by atoms with Crippen molar-refractivity contribution in [1.29, 1.82) is 0 Å². The maximum Gasteiger partial charge on any atom is 0.308 e. The van der Waals surface area contributed by atoms with Crippen molar-refractivity contribution in [3.05, 3.63) is 35.9 Å². The molecule has 0 spiro atoms. The van der Waals surface area contributed by atoms with Crippen molar-refractivity contribution in [3.63, 3.8) is 0 Å². The van der Waals surface area contributed by atoms with Crippen LogP contribution < -0.4 is 5.32 Å². The van der Waals surface area contributed by atoms with Crippen LogP contribution in [-0.4, -0.2) is 41.7 Å². The molecule has 1 heterocycles. The van der Waals surface area contributed by atoms with Gasteiger partial charge in [0.15, 0.2) is 6.61 Å². The minimum Gasteiger partial charge on any atom is -0.456 e. The topological polar surface area (TPSA) is 92.8 Å². The van der Waals surface area contributed by atoms with E-state index in [1.54, 1.807) is 0 Å². The van der Waals surface area contributed by atoms with Crippen molar-refractivity contribution in [2.24, 2.45) is 23.7 Å². The van der Waals surface area contributed by atoms with Gasteiger partial charge in [-0.3, -0.25) is 24.1 Å². The van der Waals surface area contributed by atoms with Crippen LogP contribution >= 0.6 is 0 Å². The maximum atomic E-state index is 12.6. The van der Waals surface area contributed by atoms with E-state index in [9.17, 15) is 19.2 Å². The lowest BCUT2D eigenvalue weighted by atomic mass is 9.81. The molecule has 3 amide bonds. The number of esters is 1. The molecule has 154 valence electrons. The SMILES string of the molecule is C[C@@H](NC(=O)COC(=O)CCN1C(=O)[C@@H]2[C@H]3CC[C@@H](C3)[C@@H]2C1=O)c1ccccc1. The number of amides is 3. The predicted molar refractivity (Wildman–Crippen MR) is 103 cm³/mol. The van der Waals surface area contributed by atoms with Gasteiger partial charge in [-0.2, -0.15) is 0 Å². The second-order valence-electron chi connectivity index (χ2n) is 8.32. The second-order valence-corrected chi connectivity index (χ2v) is 8.32. The highest BCUT2D eigenvalue weighted by molar-refractivity contribution is 6.06. The van der Waals surface area contributed by atoms with E-state index in [0.29, 0.717) is 11.8 Å². The third kappa shape index (κ3) is 3.78. The molecule has 2 saturated carbocycles. The Morgan fingerprint density at radius 1 is 1.10 bits per heavy atom. The number of carbonyl (C=O) groups excluding carboxylic acids is 4. The minimum atomic E-state index is -0.590. The Morgan fingerprint density at radius 3 is 2.34 bits per heavy atom. The number of imide groups is 1. The number of benzene rings is 1. The van der Waals surface area contributed by atoms with Gasteiger partial charge in [0.25, 0.3) is 5.91 Å². The van der Waals surface area contributed by atoms with E-state index in [4.69, 9.17) is 4.74 Å². The second kappa shape index (κ2) is 7.97. The third-order valence-corrected chi connectivity index (χ3v) is 6.60. The standard InChI is InChI=1S/C22H26N2O5/c1-13(14-5-3-2-4-6-14)23-17(25)12-29-18(26)9-10-24-21(27)19-15-7-8-16(11-15)20(19)22(24)28/h2-6,13,15-16,19-20H,7-12H2,1H3,(H,23,25)/t13-,15+,16+,19-,20+/m1/s1. The number of nitrogens with zero attached hydrogens (tertiary/aromatic N) is 1. The zero-order valence-corrected chi connectivity index (χ0v) is 16.5. The van der Waals surface area contributed by atoms with Gasteiger partial charge < -0.3 is 10.1 Å². The van der Waals surface area contributed by atoms with Gasteiger partial charge in [0.2, 0.25) is 11.8 Å². The highest BCUT2D eigenvalue weighted by Gasteiger charge is 2.60. The van der Waals surface area contributed by atoms with Gasteiger partial charge in [-0.05, 0) is 43.6 Å². The van der Waals surface area contributed by atoms with Crippen LogP contribution in [0.2, 0.25) is 0 Å². The Bertz CT molecular complexity index is 796. The maximum absolute atomic E-state index is 12.6. The lowest BCUT2D eigenvalue weighted by molar-refractivity contribution is -0.150. The zero-order valence-electron chi connectivity index (χ0n) is 16.5. The number of fused-ring (bicyclic) bond motifs is 5. The number of ether oxygens (including phenoxy) is 1. The third-order valence-electron chi connectivity index (χ3n) is 6.60. The Labute approximate surface area is 169 Å². The van der Waals surface area contributed by atoms with E-state index in [-0.39, 0.29) is 49.3 Å². The molecule has 0 aromatic heterocycles. The molecule has 2 aliphatic carbocycles. The van der Waals surface area contributed by atoms with E-state index in [2.05, 4.69) is 5.32 Å². The fourth-order valence-corrected chi connectivity index (χ4v) is 5.22. The highest BCUT2D eigenvalue weighted by atomic mass is 16.5. The molecule has 4 rings (SSSR count). The van der Waals surface area contributed by atoms with Gasteiger partial charge in [0, 0.05) is 6.54 Å². The summed E-state index contributed by atoms with van der Waals surface area (Å²) in [5.74, 6) is -0.946. The number of carbonyl (C=O) groups is 4. The van der Waals surface area contributed by atoms with Crippen LogP contribution in [0.4, 0.5) is 0 Å². The summed E-state index contributed by atoms with van der Waals surface area (Å²) in [5.41, 5.74) is 0.956. The first-order valence-corrected chi connectivity index (χ1v) is 10.3. The smallest absolute Gasteiger partial charge is 0.308 e. The molecule has 3 fully saturated rings. The summed E-state index contributed by atoms with van der Waals surface area (Å²) in [5, 5.41) is 2.77. The summed E-state index contributed by atoms with van der Waals surface area (Å²) < 4.78 is 5.02. The van der Waals surface area contributed by atoms with Crippen LogP contribution in [0.25, 0.3) is 0 Å². The fourth-order valence-electron chi connectivity index (χ4n) is 5.22. The number of rotatable bonds is 7. The molecule has 5 atom stereocenters. The molecule has 29 heavy (non-hydrogen) atoms. The Balaban J connectivity index is 1.21. The first-order chi connectivity index (χ1) is 14.0. The summed E-state index contributed by atoms with van der Waals surface area (Å²) in [7, 11) is 0. The molecular weight excluding hydrogens is 372 g/mol. The molecule has 1 saturated heterocycles. The molecule has 2 bridgehead atoms. The largest absolute Gasteiger partial charge is 0.456 e. The highest BCUT2D eigenvalue weighted by Crippen LogP contribution is 2.56. The van der Waals surface area contributed by atoms with Gasteiger partial charge in [-0.25, -0.2) is 0 Å². The van der Waals surface area contributed by atoms with Crippen LogP contribution in [0.5, 0.6) is 0 Å². The molecule has 1 aliphatic heterocycles. The predicted octanol–water partition coefficient (Wildman–Crippen LogP) is 1.83. The van der Waals surface area contributed by atoms with Crippen LogP contribution in [0.15, 0.2) is 30.3 Å². The monoisotopic (exact) mass is 398 g/mol. The van der Waals surface area contributed by atoms with E-state index in [1.807, 2.05) is 37.3 Å². The van der Waals surface area contributed by atoms with Gasteiger partial charge in [-0.1, -0.05) is 30.3 Å².